The van der Waals surface area contributed by atoms with Gasteiger partial charge in [-0.15, -0.1) is 0 Å². The lowest BCUT2D eigenvalue weighted by Crippen LogP contribution is -2.28. The molecule has 0 unspecified atom stereocenters. The Morgan fingerprint density at radius 2 is 1.19 bits per heavy atom. The molecular weight excluding hydrogens is 318 g/mol. The third kappa shape index (κ3) is 12.5. The molecule has 1 rings (SSSR count). The Morgan fingerprint density at radius 1 is 0.692 bits per heavy atom. The molecule has 3 nitrogen and oxygen atoms in total. The molecular formula is C23H46N3+. The molecule has 152 valence electrons. The van der Waals surface area contributed by atoms with E-state index in [-0.39, 0.29) is 0 Å². The lowest BCUT2D eigenvalue weighted by atomic mass is 10.1. The lowest BCUT2D eigenvalue weighted by molar-refractivity contribution is -0.671. The van der Waals surface area contributed by atoms with Gasteiger partial charge in [-0.25, -0.2) is 9.13 Å². The van der Waals surface area contributed by atoms with Crippen molar-refractivity contribution in [1.82, 2.24) is 9.47 Å². The standard InChI is InChI=1S/C23H46N3/c1-4-6-8-10-12-14-17-25(18-15-13-11-9-7-5-2)19-16-20-26-22-21-24(3)23-26/h21-23H,4-20H2,1-3H3/q+1. The maximum absolute atomic E-state index is 2.74. The van der Waals surface area contributed by atoms with Crippen LogP contribution in [0.2, 0.25) is 0 Å². The third-order valence-corrected chi connectivity index (χ3v) is 5.37. The first-order valence-corrected chi connectivity index (χ1v) is 11.5. The Balaban J connectivity index is 2.20. The first-order chi connectivity index (χ1) is 12.8. The van der Waals surface area contributed by atoms with Gasteiger partial charge in [0.05, 0.1) is 13.6 Å². The normalized spacial score (nSPS) is 11.5. The number of hydrogen-bond donors (Lipinski definition) is 0. The molecule has 0 radical (unpaired) electrons. The van der Waals surface area contributed by atoms with Crippen LogP contribution in [0.4, 0.5) is 0 Å². The Kier molecular flexibility index (Phi) is 14.6. The van der Waals surface area contributed by atoms with Gasteiger partial charge in [-0.2, -0.15) is 0 Å². The minimum Gasteiger partial charge on any atom is -0.303 e. The molecule has 0 aliphatic rings. The number of aryl methyl sites for hydroxylation is 2. The van der Waals surface area contributed by atoms with Crippen LogP contribution in [0, 0.1) is 0 Å². The molecule has 0 spiro atoms. The summed E-state index contributed by atoms with van der Waals surface area (Å²) in [5.41, 5.74) is 0. The van der Waals surface area contributed by atoms with Crippen molar-refractivity contribution in [3.63, 3.8) is 0 Å². The maximum atomic E-state index is 2.74. The minimum atomic E-state index is 1.14. The molecule has 0 saturated heterocycles. The second-order valence-corrected chi connectivity index (χ2v) is 8.05. The molecule has 1 heterocycles. The van der Waals surface area contributed by atoms with E-state index in [4.69, 9.17) is 0 Å². The highest BCUT2D eigenvalue weighted by molar-refractivity contribution is 4.67. The number of unbranched alkanes of at least 4 members (excludes halogenated alkanes) is 10. The molecule has 0 aliphatic carbocycles. The van der Waals surface area contributed by atoms with E-state index in [1.54, 1.807) is 0 Å². The van der Waals surface area contributed by atoms with Crippen molar-refractivity contribution in [2.24, 2.45) is 7.05 Å². The minimum absolute atomic E-state index is 1.14. The molecule has 1 aromatic rings. The van der Waals surface area contributed by atoms with Crippen molar-refractivity contribution in [1.29, 1.82) is 0 Å². The SMILES string of the molecule is CCCCCCCCN(CCCCCCCC)CCCn1cc[n+](C)c1. The van der Waals surface area contributed by atoms with Gasteiger partial charge in [0.15, 0.2) is 0 Å². The van der Waals surface area contributed by atoms with Crippen LogP contribution in [0.25, 0.3) is 0 Å². The Labute approximate surface area is 163 Å². The molecule has 0 bridgehead atoms. The van der Waals surface area contributed by atoms with Gasteiger partial charge < -0.3 is 4.90 Å². The van der Waals surface area contributed by atoms with Gasteiger partial charge in [-0.3, -0.25) is 0 Å². The van der Waals surface area contributed by atoms with Gasteiger partial charge in [-0.1, -0.05) is 78.1 Å². The second kappa shape index (κ2) is 16.4. The number of nitrogens with zero attached hydrogens (tertiary/aromatic N) is 3. The van der Waals surface area contributed by atoms with Gasteiger partial charge in [0, 0.05) is 6.54 Å². The molecule has 1 aromatic heterocycles. The van der Waals surface area contributed by atoms with Crippen molar-refractivity contribution >= 4 is 0 Å². The van der Waals surface area contributed by atoms with E-state index in [1.807, 2.05) is 0 Å². The van der Waals surface area contributed by atoms with Crippen molar-refractivity contribution in [3.8, 4) is 0 Å². The van der Waals surface area contributed by atoms with E-state index in [2.05, 4.69) is 53.7 Å². The summed E-state index contributed by atoms with van der Waals surface area (Å²) in [6, 6.07) is 0. The molecule has 0 atom stereocenters. The van der Waals surface area contributed by atoms with Gasteiger partial charge >= 0.3 is 0 Å². The van der Waals surface area contributed by atoms with Crippen LogP contribution >= 0.6 is 0 Å². The van der Waals surface area contributed by atoms with E-state index in [0.717, 1.165) is 6.54 Å². The van der Waals surface area contributed by atoms with E-state index >= 15 is 0 Å². The van der Waals surface area contributed by atoms with Crippen molar-refractivity contribution < 1.29 is 4.57 Å². The molecule has 0 N–H and O–H groups in total. The van der Waals surface area contributed by atoms with E-state index in [1.165, 1.54) is 103 Å². The zero-order valence-corrected chi connectivity index (χ0v) is 18.1. The summed E-state index contributed by atoms with van der Waals surface area (Å²) in [7, 11) is 2.10. The number of aromatic nitrogens is 2. The molecule has 0 fully saturated rings. The zero-order valence-electron chi connectivity index (χ0n) is 18.1. The van der Waals surface area contributed by atoms with E-state index in [0.29, 0.717) is 0 Å². The highest BCUT2D eigenvalue weighted by Gasteiger charge is 2.07. The van der Waals surface area contributed by atoms with Crippen LogP contribution in [-0.4, -0.2) is 29.1 Å². The van der Waals surface area contributed by atoms with Crippen LogP contribution in [-0.2, 0) is 13.6 Å². The first kappa shape index (κ1) is 23.2. The number of rotatable bonds is 18. The van der Waals surface area contributed by atoms with Gasteiger partial charge in [0.2, 0.25) is 6.33 Å². The van der Waals surface area contributed by atoms with Crippen LogP contribution in [0.3, 0.4) is 0 Å². The number of hydrogen-bond acceptors (Lipinski definition) is 1. The number of imidazole rings is 1. The summed E-state index contributed by atoms with van der Waals surface area (Å²) in [4.78, 5) is 2.74. The van der Waals surface area contributed by atoms with Crippen molar-refractivity contribution in [3.05, 3.63) is 18.7 Å². The molecule has 3 heteroatoms. The average molecular weight is 365 g/mol. The third-order valence-electron chi connectivity index (χ3n) is 5.37. The Bertz CT molecular complexity index is 397. The summed E-state index contributed by atoms with van der Waals surface area (Å²) in [6.07, 6.45) is 24.6. The summed E-state index contributed by atoms with van der Waals surface area (Å²) in [5.74, 6) is 0. The quantitative estimate of drug-likeness (QED) is 0.239. The van der Waals surface area contributed by atoms with Gasteiger partial charge in [0.1, 0.15) is 12.4 Å². The highest BCUT2D eigenvalue weighted by atomic mass is 15.1. The average Bonchev–Trinajstić information content (AvgIpc) is 3.05. The molecule has 26 heavy (non-hydrogen) atoms. The maximum Gasteiger partial charge on any atom is 0.243 e. The summed E-state index contributed by atoms with van der Waals surface area (Å²) < 4.78 is 4.44. The van der Waals surface area contributed by atoms with Crippen LogP contribution in [0.1, 0.15) is 97.3 Å². The van der Waals surface area contributed by atoms with Crippen LogP contribution < -0.4 is 4.57 Å². The predicted octanol–water partition coefficient (Wildman–Crippen LogP) is 5.73. The largest absolute Gasteiger partial charge is 0.303 e. The smallest absolute Gasteiger partial charge is 0.243 e. The summed E-state index contributed by atoms with van der Waals surface area (Å²) >= 11 is 0. The monoisotopic (exact) mass is 364 g/mol. The molecule has 0 aliphatic heterocycles. The fourth-order valence-corrected chi connectivity index (χ4v) is 3.68. The molecule has 0 saturated carbocycles. The molecule has 0 amide bonds. The van der Waals surface area contributed by atoms with Crippen LogP contribution in [0.15, 0.2) is 18.7 Å². The molecule has 0 aromatic carbocycles. The van der Waals surface area contributed by atoms with Crippen LogP contribution in [0.5, 0.6) is 0 Å². The Hall–Kier alpha value is -0.830. The summed E-state index contributed by atoms with van der Waals surface area (Å²) in [5, 5.41) is 0. The van der Waals surface area contributed by atoms with Crippen molar-refractivity contribution in [2.45, 2.75) is 104 Å². The van der Waals surface area contributed by atoms with E-state index in [9.17, 15) is 0 Å². The fraction of sp³-hybridized carbons (Fsp3) is 0.870. The summed E-state index contributed by atoms with van der Waals surface area (Å²) in [6.45, 7) is 9.61. The van der Waals surface area contributed by atoms with Crippen molar-refractivity contribution in [2.75, 3.05) is 19.6 Å². The predicted molar refractivity (Wildman–Crippen MR) is 113 cm³/mol. The Morgan fingerprint density at radius 3 is 1.69 bits per heavy atom. The topological polar surface area (TPSA) is 12.1 Å². The lowest BCUT2D eigenvalue weighted by Gasteiger charge is -2.22. The first-order valence-electron chi connectivity index (χ1n) is 11.5. The second-order valence-electron chi connectivity index (χ2n) is 8.05. The fourth-order valence-electron chi connectivity index (χ4n) is 3.68. The highest BCUT2D eigenvalue weighted by Crippen LogP contribution is 2.09. The van der Waals surface area contributed by atoms with Gasteiger partial charge in [0.25, 0.3) is 0 Å². The van der Waals surface area contributed by atoms with E-state index < -0.39 is 0 Å². The van der Waals surface area contributed by atoms with Gasteiger partial charge in [-0.05, 0) is 32.4 Å². The zero-order chi connectivity index (χ0) is 18.9.